The van der Waals surface area contributed by atoms with Crippen molar-refractivity contribution in [3.05, 3.63) is 93.1 Å². The maximum atomic E-state index is 13.2. The lowest BCUT2D eigenvalue weighted by Crippen LogP contribution is -2.31. The Kier molecular flexibility index (Phi) is 5.03. The van der Waals surface area contributed by atoms with Gasteiger partial charge >= 0.3 is 0 Å². The number of imide groups is 1. The zero-order valence-electron chi connectivity index (χ0n) is 16.0. The fourth-order valence-electron chi connectivity index (χ4n) is 3.22. The molecule has 2 aromatic carbocycles. The molecular formula is C23H19FN2O2S. The number of amides is 2. The Bertz CT molecular complexity index is 1120. The highest BCUT2D eigenvalue weighted by atomic mass is 32.1. The van der Waals surface area contributed by atoms with Gasteiger partial charge in [0.25, 0.3) is 11.8 Å². The van der Waals surface area contributed by atoms with Crippen LogP contribution in [0.5, 0.6) is 0 Å². The molecule has 146 valence electrons. The molecule has 0 saturated heterocycles. The van der Waals surface area contributed by atoms with Crippen molar-refractivity contribution in [3.8, 4) is 0 Å². The summed E-state index contributed by atoms with van der Waals surface area (Å²) < 4.78 is 13.2. The van der Waals surface area contributed by atoms with Crippen molar-refractivity contribution < 1.29 is 14.0 Å². The third kappa shape index (κ3) is 3.71. The summed E-state index contributed by atoms with van der Waals surface area (Å²) in [6, 6.07) is 15.3. The molecule has 0 unspecified atom stereocenters. The second kappa shape index (κ2) is 7.64. The van der Waals surface area contributed by atoms with Crippen molar-refractivity contribution in [1.29, 1.82) is 0 Å². The Morgan fingerprint density at radius 3 is 2.38 bits per heavy atom. The van der Waals surface area contributed by atoms with E-state index in [1.807, 2.05) is 49.6 Å². The Balaban J connectivity index is 1.70. The molecule has 2 amide bonds. The van der Waals surface area contributed by atoms with E-state index in [1.54, 1.807) is 12.1 Å². The van der Waals surface area contributed by atoms with Gasteiger partial charge in [0.15, 0.2) is 0 Å². The highest BCUT2D eigenvalue weighted by Gasteiger charge is 2.39. The molecule has 1 aromatic heterocycles. The van der Waals surface area contributed by atoms with E-state index < -0.39 is 0 Å². The van der Waals surface area contributed by atoms with Crippen molar-refractivity contribution in [2.75, 3.05) is 5.32 Å². The Morgan fingerprint density at radius 2 is 1.72 bits per heavy atom. The minimum atomic E-state index is -0.388. The van der Waals surface area contributed by atoms with Crippen molar-refractivity contribution in [3.63, 3.8) is 0 Å². The van der Waals surface area contributed by atoms with Crippen LogP contribution in [0.1, 0.15) is 21.6 Å². The molecule has 6 heteroatoms. The SMILES string of the molecule is Cc1ccc(NC2=C(c3cccs3)C(=O)N(Cc3ccc(F)cc3)C2=O)cc1C. The topological polar surface area (TPSA) is 49.4 Å². The average molecular weight is 406 g/mol. The van der Waals surface area contributed by atoms with Crippen LogP contribution < -0.4 is 5.32 Å². The van der Waals surface area contributed by atoms with E-state index in [0.29, 0.717) is 11.1 Å². The molecule has 0 fully saturated rings. The van der Waals surface area contributed by atoms with Crippen LogP contribution in [0.2, 0.25) is 0 Å². The lowest BCUT2D eigenvalue weighted by molar-refractivity contribution is -0.137. The lowest BCUT2D eigenvalue weighted by atomic mass is 10.1. The summed E-state index contributed by atoms with van der Waals surface area (Å²) in [6.07, 6.45) is 0. The molecule has 3 aromatic rings. The number of hydrogen-bond acceptors (Lipinski definition) is 4. The van der Waals surface area contributed by atoms with Crippen molar-refractivity contribution in [2.45, 2.75) is 20.4 Å². The number of carbonyl (C=O) groups excluding carboxylic acids is 2. The van der Waals surface area contributed by atoms with Gasteiger partial charge in [-0.2, -0.15) is 0 Å². The Hall–Kier alpha value is -3.25. The number of nitrogens with zero attached hydrogens (tertiary/aromatic N) is 1. The van der Waals surface area contributed by atoms with Crippen LogP contribution in [0.4, 0.5) is 10.1 Å². The van der Waals surface area contributed by atoms with Crippen LogP contribution in [0.3, 0.4) is 0 Å². The summed E-state index contributed by atoms with van der Waals surface area (Å²) in [5.74, 6) is -1.10. The molecule has 0 spiro atoms. The third-order valence-electron chi connectivity index (χ3n) is 4.97. The fraction of sp³-hybridized carbons (Fsp3) is 0.130. The van der Waals surface area contributed by atoms with Crippen molar-refractivity contribution in [2.24, 2.45) is 0 Å². The number of halogens is 1. The third-order valence-corrected chi connectivity index (χ3v) is 5.85. The molecule has 1 aliphatic rings. The summed E-state index contributed by atoms with van der Waals surface area (Å²) in [4.78, 5) is 28.2. The molecule has 0 radical (unpaired) electrons. The predicted octanol–water partition coefficient (Wildman–Crippen LogP) is 4.90. The van der Waals surface area contributed by atoms with E-state index in [4.69, 9.17) is 0 Å². The van der Waals surface area contributed by atoms with Gasteiger partial charge in [0.05, 0.1) is 12.1 Å². The molecular weight excluding hydrogens is 387 g/mol. The maximum Gasteiger partial charge on any atom is 0.278 e. The predicted molar refractivity (Wildman–Crippen MR) is 113 cm³/mol. The van der Waals surface area contributed by atoms with E-state index in [-0.39, 0.29) is 29.9 Å². The van der Waals surface area contributed by atoms with Crippen LogP contribution in [0.15, 0.2) is 65.7 Å². The molecule has 4 rings (SSSR count). The lowest BCUT2D eigenvalue weighted by Gasteiger charge is -2.15. The quantitative estimate of drug-likeness (QED) is 0.614. The van der Waals surface area contributed by atoms with Crippen molar-refractivity contribution >= 4 is 34.4 Å². The first-order chi connectivity index (χ1) is 13.9. The number of rotatable bonds is 5. The monoisotopic (exact) mass is 406 g/mol. The van der Waals surface area contributed by atoms with Crippen LogP contribution in [-0.4, -0.2) is 16.7 Å². The Labute approximate surface area is 172 Å². The second-order valence-corrected chi connectivity index (χ2v) is 7.92. The standard InChI is InChI=1S/C23H19FN2O2S/c1-14-5-10-18(12-15(14)2)25-21-20(19-4-3-11-29-19)22(27)26(23(21)28)13-16-6-8-17(24)9-7-16/h3-12,25H,13H2,1-2H3. The molecule has 1 N–H and O–H groups in total. The zero-order valence-corrected chi connectivity index (χ0v) is 16.8. The van der Waals surface area contributed by atoms with E-state index in [1.165, 1.54) is 28.4 Å². The summed E-state index contributed by atoms with van der Waals surface area (Å²) in [7, 11) is 0. The van der Waals surface area contributed by atoms with Crippen LogP contribution in [0.25, 0.3) is 5.57 Å². The molecule has 29 heavy (non-hydrogen) atoms. The number of nitrogens with one attached hydrogen (secondary N) is 1. The average Bonchev–Trinajstić information content (AvgIpc) is 3.30. The first kappa shape index (κ1) is 19.1. The fourth-order valence-corrected chi connectivity index (χ4v) is 3.99. The molecule has 0 bridgehead atoms. The summed E-state index contributed by atoms with van der Waals surface area (Å²) >= 11 is 1.41. The molecule has 4 nitrogen and oxygen atoms in total. The maximum absolute atomic E-state index is 13.2. The van der Waals surface area contributed by atoms with E-state index in [2.05, 4.69) is 5.32 Å². The minimum absolute atomic E-state index is 0.0882. The summed E-state index contributed by atoms with van der Waals surface area (Å²) in [5, 5.41) is 5.04. The number of anilines is 1. The van der Waals surface area contributed by atoms with Gasteiger partial charge in [-0.1, -0.05) is 24.3 Å². The number of benzene rings is 2. The van der Waals surface area contributed by atoms with Gasteiger partial charge in [0.1, 0.15) is 11.5 Å². The van der Waals surface area contributed by atoms with Gasteiger partial charge in [-0.05, 0) is 66.2 Å². The summed E-state index contributed by atoms with van der Waals surface area (Å²) in [5.41, 5.74) is 4.31. The van der Waals surface area contributed by atoms with Gasteiger partial charge in [-0.25, -0.2) is 4.39 Å². The van der Waals surface area contributed by atoms with Gasteiger partial charge in [0, 0.05) is 10.6 Å². The molecule has 0 saturated carbocycles. The second-order valence-electron chi connectivity index (χ2n) is 6.97. The highest BCUT2D eigenvalue weighted by Crippen LogP contribution is 2.34. The Morgan fingerprint density at radius 1 is 0.966 bits per heavy atom. The highest BCUT2D eigenvalue weighted by molar-refractivity contribution is 7.11. The van der Waals surface area contributed by atoms with E-state index >= 15 is 0 Å². The van der Waals surface area contributed by atoms with Crippen LogP contribution in [0, 0.1) is 19.7 Å². The summed E-state index contributed by atoms with van der Waals surface area (Å²) in [6.45, 7) is 4.10. The number of carbonyl (C=O) groups is 2. The first-order valence-electron chi connectivity index (χ1n) is 9.17. The van der Waals surface area contributed by atoms with E-state index in [0.717, 1.165) is 21.7 Å². The first-order valence-corrected chi connectivity index (χ1v) is 10.0. The zero-order chi connectivity index (χ0) is 20.5. The number of aryl methyl sites for hydroxylation is 2. The normalized spacial score (nSPS) is 14.1. The molecule has 0 aliphatic carbocycles. The number of hydrogen-bond donors (Lipinski definition) is 1. The van der Waals surface area contributed by atoms with E-state index in [9.17, 15) is 14.0 Å². The van der Waals surface area contributed by atoms with Gasteiger partial charge in [-0.3, -0.25) is 14.5 Å². The van der Waals surface area contributed by atoms with Gasteiger partial charge in [0.2, 0.25) is 0 Å². The van der Waals surface area contributed by atoms with Gasteiger partial charge in [-0.15, -0.1) is 11.3 Å². The van der Waals surface area contributed by atoms with Crippen molar-refractivity contribution in [1.82, 2.24) is 4.90 Å². The van der Waals surface area contributed by atoms with Crippen LogP contribution in [-0.2, 0) is 16.1 Å². The minimum Gasteiger partial charge on any atom is -0.350 e. The molecule has 1 aliphatic heterocycles. The van der Waals surface area contributed by atoms with Crippen LogP contribution >= 0.6 is 11.3 Å². The largest absolute Gasteiger partial charge is 0.350 e. The smallest absolute Gasteiger partial charge is 0.278 e. The molecule has 2 heterocycles. The molecule has 0 atom stereocenters. The number of thiophene rings is 1. The van der Waals surface area contributed by atoms with Gasteiger partial charge < -0.3 is 5.32 Å².